The van der Waals surface area contributed by atoms with Gasteiger partial charge >= 0.3 is 5.97 Å². The summed E-state index contributed by atoms with van der Waals surface area (Å²) >= 11 is 0. The van der Waals surface area contributed by atoms with Crippen LogP contribution in [0.4, 0.5) is 5.69 Å². The minimum absolute atomic E-state index is 0.0322. The average Bonchev–Trinajstić information content (AvgIpc) is 2.64. The molecule has 0 bridgehead atoms. The van der Waals surface area contributed by atoms with Crippen LogP contribution in [0.2, 0.25) is 0 Å². The van der Waals surface area contributed by atoms with Gasteiger partial charge in [0.05, 0.1) is 5.69 Å². The number of carbonyl (C=O) groups is 1. The zero-order chi connectivity index (χ0) is 17.6. The fourth-order valence-corrected chi connectivity index (χ4v) is 4.97. The lowest BCUT2D eigenvalue weighted by Gasteiger charge is -2.27. The lowest BCUT2D eigenvalue weighted by molar-refractivity contribution is -0.135. The quantitative estimate of drug-likeness (QED) is 0.471. The van der Waals surface area contributed by atoms with E-state index in [1.807, 2.05) is 60.7 Å². The summed E-state index contributed by atoms with van der Waals surface area (Å²) in [4.78, 5) is 12.1. The molecule has 1 atom stereocenters. The summed E-state index contributed by atoms with van der Waals surface area (Å²) < 4.78 is 0. The third kappa shape index (κ3) is 3.98. The number of hydrogen-bond donors (Lipinski definition) is 3. The minimum atomic E-state index is -1.21. The molecule has 126 valence electrons. The van der Waals surface area contributed by atoms with Gasteiger partial charge < -0.3 is 15.5 Å². The van der Waals surface area contributed by atoms with Crippen molar-refractivity contribution in [1.29, 1.82) is 0 Å². The highest BCUT2D eigenvalue weighted by Crippen LogP contribution is 2.41. The Kier molecular flexibility index (Phi) is 5.32. The van der Waals surface area contributed by atoms with Crippen molar-refractivity contribution >= 4 is 30.2 Å². The first kappa shape index (κ1) is 17.0. The van der Waals surface area contributed by atoms with Crippen LogP contribution in [0.3, 0.4) is 0 Å². The van der Waals surface area contributed by atoms with Crippen LogP contribution < -0.4 is 15.9 Å². The Morgan fingerprint density at radius 2 is 1.28 bits per heavy atom. The summed E-state index contributed by atoms with van der Waals surface area (Å²) in [5.41, 5.74) is 0.411. The van der Waals surface area contributed by atoms with Crippen LogP contribution in [0.25, 0.3) is 0 Å². The lowest BCUT2D eigenvalue weighted by Crippen LogP contribution is -2.34. The molecule has 0 aliphatic carbocycles. The van der Waals surface area contributed by atoms with Crippen LogP contribution in [-0.4, -0.2) is 22.0 Å². The fourth-order valence-electron chi connectivity index (χ4n) is 2.60. The zero-order valence-corrected chi connectivity index (χ0v) is 14.3. The summed E-state index contributed by atoms with van der Waals surface area (Å²) in [7, 11) is -1.21. The number of phenolic OH excluding ortho intramolecular Hbond substituents is 1. The van der Waals surface area contributed by atoms with Gasteiger partial charge in [-0.25, -0.2) is 4.79 Å². The molecule has 0 saturated carbocycles. The number of carboxylic acids is 1. The topological polar surface area (TPSA) is 69.6 Å². The second kappa shape index (κ2) is 7.82. The van der Waals surface area contributed by atoms with E-state index in [9.17, 15) is 15.0 Å². The van der Waals surface area contributed by atoms with Crippen molar-refractivity contribution in [3.05, 3.63) is 84.9 Å². The van der Waals surface area contributed by atoms with Gasteiger partial charge in [-0.2, -0.15) is 0 Å². The number of anilines is 1. The van der Waals surface area contributed by atoms with Crippen LogP contribution >= 0.6 is 7.92 Å². The first-order valence-corrected chi connectivity index (χ1v) is 9.24. The minimum Gasteiger partial charge on any atom is -0.506 e. The second-order valence-corrected chi connectivity index (χ2v) is 7.73. The summed E-state index contributed by atoms with van der Waals surface area (Å²) in [6, 6.07) is 25.9. The Morgan fingerprint density at radius 1 is 0.800 bits per heavy atom. The Labute approximate surface area is 147 Å². The maximum Gasteiger partial charge on any atom is 0.331 e. The molecule has 0 heterocycles. The van der Waals surface area contributed by atoms with Crippen LogP contribution in [-0.2, 0) is 4.79 Å². The van der Waals surface area contributed by atoms with Crippen molar-refractivity contribution in [3.63, 3.8) is 0 Å². The van der Waals surface area contributed by atoms with Crippen molar-refractivity contribution in [2.75, 3.05) is 5.32 Å². The van der Waals surface area contributed by atoms with Gasteiger partial charge in [0.25, 0.3) is 0 Å². The largest absolute Gasteiger partial charge is 0.506 e. The summed E-state index contributed by atoms with van der Waals surface area (Å²) in [5.74, 6) is -1.79. The molecule has 0 aromatic heterocycles. The molecule has 3 rings (SSSR count). The van der Waals surface area contributed by atoms with E-state index in [0.717, 1.165) is 10.6 Å². The molecule has 3 aromatic rings. The van der Waals surface area contributed by atoms with E-state index in [2.05, 4.69) is 5.32 Å². The van der Waals surface area contributed by atoms with Crippen molar-refractivity contribution in [2.45, 2.75) is 5.78 Å². The molecule has 25 heavy (non-hydrogen) atoms. The standard InChI is InChI=1S/C20H18NO3P/c22-18-14-8-7-13-17(18)21-19(20(23)24)25(15-9-3-1-4-10-15)16-11-5-2-6-12-16/h1-14,19,21-22H,(H,23,24). The van der Waals surface area contributed by atoms with Crippen LogP contribution in [0.1, 0.15) is 0 Å². The Balaban J connectivity index is 2.05. The molecule has 0 radical (unpaired) electrons. The SMILES string of the molecule is O=C(O)C(Nc1ccccc1O)P(c1ccccc1)c1ccccc1. The van der Waals surface area contributed by atoms with Crippen LogP contribution in [0.15, 0.2) is 84.9 Å². The van der Waals surface area contributed by atoms with E-state index in [4.69, 9.17) is 0 Å². The number of aliphatic carboxylic acids is 1. The van der Waals surface area contributed by atoms with Gasteiger partial charge in [-0.1, -0.05) is 72.8 Å². The molecule has 0 aliphatic heterocycles. The molecule has 4 nitrogen and oxygen atoms in total. The number of carboxylic acid groups (broad SMARTS) is 1. The first-order valence-electron chi connectivity index (χ1n) is 7.83. The van der Waals surface area contributed by atoms with Crippen molar-refractivity contribution in [2.24, 2.45) is 0 Å². The number of para-hydroxylation sites is 2. The number of aromatic hydroxyl groups is 1. The molecular weight excluding hydrogens is 333 g/mol. The van der Waals surface area contributed by atoms with Crippen molar-refractivity contribution < 1.29 is 15.0 Å². The van der Waals surface area contributed by atoms with E-state index in [-0.39, 0.29) is 5.75 Å². The first-order chi connectivity index (χ1) is 12.2. The molecule has 3 aromatic carbocycles. The predicted octanol–water partition coefficient (Wildman–Crippen LogP) is 3.35. The van der Waals surface area contributed by atoms with Gasteiger partial charge in [-0.3, -0.25) is 0 Å². The number of hydrogen-bond acceptors (Lipinski definition) is 3. The molecule has 0 spiro atoms. The number of rotatable bonds is 6. The van der Waals surface area contributed by atoms with Gasteiger partial charge in [0.2, 0.25) is 0 Å². The monoisotopic (exact) mass is 351 g/mol. The zero-order valence-electron chi connectivity index (χ0n) is 13.4. The number of benzene rings is 3. The summed E-state index contributed by atoms with van der Waals surface area (Å²) in [6.45, 7) is 0. The van der Waals surface area contributed by atoms with Crippen LogP contribution in [0.5, 0.6) is 5.75 Å². The third-order valence-corrected chi connectivity index (χ3v) is 6.33. The van der Waals surface area contributed by atoms with Crippen molar-refractivity contribution in [3.8, 4) is 5.75 Å². The molecule has 5 heteroatoms. The molecule has 0 amide bonds. The molecule has 1 unspecified atom stereocenters. The average molecular weight is 351 g/mol. The van der Waals surface area contributed by atoms with E-state index >= 15 is 0 Å². The second-order valence-electron chi connectivity index (χ2n) is 5.44. The third-order valence-electron chi connectivity index (χ3n) is 3.76. The van der Waals surface area contributed by atoms with Crippen LogP contribution in [0, 0.1) is 0 Å². The van der Waals surface area contributed by atoms with E-state index in [1.54, 1.807) is 18.2 Å². The highest BCUT2D eigenvalue weighted by atomic mass is 31.1. The highest BCUT2D eigenvalue weighted by molar-refractivity contribution is 7.74. The predicted molar refractivity (Wildman–Crippen MR) is 102 cm³/mol. The maximum atomic E-state index is 12.1. The maximum absolute atomic E-state index is 12.1. The highest BCUT2D eigenvalue weighted by Gasteiger charge is 2.31. The normalized spacial score (nSPS) is 11.9. The van der Waals surface area contributed by atoms with Gasteiger partial charge in [0, 0.05) is 0 Å². The van der Waals surface area contributed by atoms with E-state index < -0.39 is 19.7 Å². The molecule has 3 N–H and O–H groups in total. The van der Waals surface area contributed by atoms with Crippen molar-refractivity contribution in [1.82, 2.24) is 0 Å². The fraction of sp³-hybridized carbons (Fsp3) is 0.0500. The van der Waals surface area contributed by atoms with E-state index in [1.165, 1.54) is 6.07 Å². The molecule has 0 aliphatic rings. The Bertz CT molecular complexity index is 800. The van der Waals surface area contributed by atoms with Gasteiger partial charge in [-0.15, -0.1) is 0 Å². The Hall–Kier alpha value is -2.84. The van der Waals surface area contributed by atoms with E-state index in [0.29, 0.717) is 5.69 Å². The summed E-state index contributed by atoms with van der Waals surface area (Å²) in [6.07, 6.45) is 0. The number of phenols is 1. The molecule has 0 fully saturated rings. The molecule has 0 saturated heterocycles. The molecular formula is C20H18NO3P. The summed E-state index contributed by atoms with van der Waals surface area (Å²) in [5, 5.41) is 24.8. The number of nitrogens with one attached hydrogen (secondary N) is 1. The smallest absolute Gasteiger partial charge is 0.331 e. The van der Waals surface area contributed by atoms with Gasteiger partial charge in [-0.05, 0) is 30.7 Å². The lowest BCUT2D eigenvalue weighted by atomic mass is 10.3. The van der Waals surface area contributed by atoms with Gasteiger partial charge in [0.1, 0.15) is 5.75 Å². The Morgan fingerprint density at radius 3 is 1.76 bits per heavy atom. The van der Waals surface area contributed by atoms with Gasteiger partial charge in [0.15, 0.2) is 5.78 Å².